The van der Waals surface area contributed by atoms with E-state index in [0.29, 0.717) is 0 Å². The van der Waals surface area contributed by atoms with E-state index < -0.39 is 22.8 Å². The minimum atomic E-state index is -1.41. The van der Waals surface area contributed by atoms with Gasteiger partial charge in [-0.3, -0.25) is 0 Å². The molecular formula is C24H36O5-2. The van der Waals surface area contributed by atoms with Gasteiger partial charge in [-0.05, 0) is 50.0 Å². The molecule has 0 saturated heterocycles. The maximum absolute atomic E-state index is 12.6. The van der Waals surface area contributed by atoms with Crippen molar-refractivity contribution in [3.05, 3.63) is 11.8 Å². The van der Waals surface area contributed by atoms with Crippen LogP contribution in [0.3, 0.4) is 0 Å². The van der Waals surface area contributed by atoms with E-state index in [9.17, 15) is 24.9 Å². The van der Waals surface area contributed by atoms with Gasteiger partial charge in [0.25, 0.3) is 0 Å². The van der Waals surface area contributed by atoms with Crippen LogP contribution in [0, 0.1) is 22.7 Å². The maximum Gasteiger partial charge on any atom is 0.0901 e. The number of allylic oxidation sites excluding steroid dienone is 1. The Morgan fingerprint density at radius 1 is 0.759 bits per heavy atom. The number of carbonyl (C=O) groups excluding carboxylic acids is 2. The van der Waals surface area contributed by atoms with Crippen molar-refractivity contribution in [2.24, 2.45) is 22.7 Å². The average Bonchev–Trinajstić information content (AvgIpc) is 2.60. The standard InChI is InChI=1S/C24H38O5/c25-20-15-23(21(26)27,18-11-7-3-1-4-8-12-18)17-24(16-20,22(28)29)19-13-9-5-2-6-10-14-19/h15,18-19,25H,1-14,16-17H2,(H,26,27)(H,28,29)/p-2. The van der Waals surface area contributed by atoms with Gasteiger partial charge in [-0.1, -0.05) is 64.2 Å². The number of carboxylic acids is 2. The lowest BCUT2D eigenvalue weighted by atomic mass is 9.53. The Kier molecular flexibility index (Phi) is 7.28. The van der Waals surface area contributed by atoms with Crippen molar-refractivity contribution in [1.82, 2.24) is 0 Å². The van der Waals surface area contributed by atoms with E-state index in [1.54, 1.807) is 0 Å². The molecule has 0 aromatic heterocycles. The van der Waals surface area contributed by atoms with Gasteiger partial charge in [-0.25, -0.2) is 0 Å². The molecule has 0 aliphatic heterocycles. The van der Waals surface area contributed by atoms with Gasteiger partial charge in [0.15, 0.2) is 0 Å². The molecule has 3 aliphatic rings. The number of carboxylic acid groups (broad SMARTS) is 2. The Bertz CT molecular complexity index is 611. The lowest BCUT2D eigenvalue weighted by molar-refractivity contribution is -0.332. The fraction of sp³-hybridized carbons (Fsp3) is 0.833. The summed E-state index contributed by atoms with van der Waals surface area (Å²) in [6.07, 6.45) is 14.9. The lowest BCUT2D eigenvalue weighted by Crippen LogP contribution is -2.58. The first-order chi connectivity index (χ1) is 13.9. The molecule has 5 nitrogen and oxygen atoms in total. The normalized spacial score (nSPS) is 33.6. The Balaban J connectivity index is 1.99. The van der Waals surface area contributed by atoms with E-state index in [0.717, 1.165) is 83.5 Å². The van der Waals surface area contributed by atoms with E-state index in [2.05, 4.69) is 0 Å². The second kappa shape index (κ2) is 9.53. The molecule has 0 aromatic rings. The molecular weight excluding hydrogens is 368 g/mol. The third-order valence-corrected chi connectivity index (χ3v) is 8.04. The summed E-state index contributed by atoms with van der Waals surface area (Å²) in [4.78, 5) is 25.1. The second-order valence-corrected chi connectivity index (χ2v) is 9.84. The van der Waals surface area contributed by atoms with Crippen LogP contribution >= 0.6 is 0 Å². The van der Waals surface area contributed by atoms with Gasteiger partial charge < -0.3 is 24.9 Å². The van der Waals surface area contributed by atoms with E-state index in [1.807, 2.05) is 0 Å². The molecule has 3 rings (SSSR count). The number of aliphatic carboxylic acids is 2. The third-order valence-electron chi connectivity index (χ3n) is 8.04. The molecule has 29 heavy (non-hydrogen) atoms. The highest BCUT2D eigenvalue weighted by molar-refractivity contribution is 5.80. The van der Waals surface area contributed by atoms with Crippen LogP contribution in [0.4, 0.5) is 0 Å². The number of carbonyl (C=O) groups is 2. The fourth-order valence-corrected chi connectivity index (χ4v) is 6.45. The fourth-order valence-electron chi connectivity index (χ4n) is 6.45. The zero-order chi connectivity index (χ0) is 20.9. The molecule has 0 bridgehead atoms. The molecule has 0 spiro atoms. The lowest BCUT2D eigenvalue weighted by Gasteiger charge is -2.53. The molecule has 164 valence electrons. The highest BCUT2D eigenvalue weighted by Crippen LogP contribution is 2.56. The van der Waals surface area contributed by atoms with E-state index in [1.165, 1.54) is 12.5 Å². The molecule has 0 radical (unpaired) electrons. The summed E-state index contributed by atoms with van der Waals surface area (Å²) in [5.74, 6) is -2.88. The zero-order valence-corrected chi connectivity index (χ0v) is 17.6. The number of aliphatic hydroxyl groups is 1. The van der Waals surface area contributed by atoms with Crippen molar-refractivity contribution in [3.63, 3.8) is 0 Å². The molecule has 5 heteroatoms. The van der Waals surface area contributed by atoms with Gasteiger partial charge in [0, 0.05) is 23.2 Å². The summed E-state index contributed by atoms with van der Waals surface area (Å²) in [6, 6.07) is 0. The summed E-state index contributed by atoms with van der Waals surface area (Å²) < 4.78 is 0. The van der Waals surface area contributed by atoms with Crippen LogP contribution in [0.2, 0.25) is 0 Å². The van der Waals surface area contributed by atoms with Gasteiger partial charge >= 0.3 is 0 Å². The molecule has 2 atom stereocenters. The number of aliphatic hydroxyl groups excluding tert-OH is 1. The van der Waals surface area contributed by atoms with Crippen LogP contribution in [0.5, 0.6) is 0 Å². The first-order valence-corrected chi connectivity index (χ1v) is 11.7. The first kappa shape index (κ1) is 22.2. The number of hydrogen-bond donors (Lipinski definition) is 1. The molecule has 2 fully saturated rings. The smallest absolute Gasteiger partial charge is 0.0901 e. The predicted octanol–water partition coefficient (Wildman–Crippen LogP) is 3.42. The van der Waals surface area contributed by atoms with Crippen molar-refractivity contribution in [2.45, 2.75) is 103 Å². The molecule has 0 heterocycles. The Morgan fingerprint density at radius 3 is 1.66 bits per heavy atom. The van der Waals surface area contributed by atoms with Crippen molar-refractivity contribution in [3.8, 4) is 0 Å². The summed E-state index contributed by atoms with van der Waals surface area (Å²) >= 11 is 0. The Hall–Kier alpha value is -1.52. The Labute approximate surface area is 174 Å². The maximum atomic E-state index is 12.6. The van der Waals surface area contributed by atoms with Gasteiger partial charge in [-0.2, -0.15) is 0 Å². The summed E-state index contributed by atoms with van der Waals surface area (Å²) in [7, 11) is 0. The average molecular weight is 405 g/mol. The topological polar surface area (TPSA) is 100 Å². The summed E-state index contributed by atoms with van der Waals surface area (Å²) in [5.41, 5.74) is -2.74. The van der Waals surface area contributed by atoms with E-state index >= 15 is 0 Å². The quantitative estimate of drug-likeness (QED) is 0.774. The zero-order valence-electron chi connectivity index (χ0n) is 17.6. The number of hydrogen-bond acceptors (Lipinski definition) is 5. The van der Waals surface area contributed by atoms with Gasteiger partial charge in [0.05, 0.1) is 11.7 Å². The predicted molar refractivity (Wildman–Crippen MR) is 106 cm³/mol. The van der Waals surface area contributed by atoms with Crippen LogP contribution in [-0.2, 0) is 9.59 Å². The van der Waals surface area contributed by atoms with E-state index in [4.69, 9.17) is 0 Å². The van der Waals surface area contributed by atoms with Crippen molar-refractivity contribution >= 4 is 11.9 Å². The second-order valence-electron chi connectivity index (χ2n) is 9.84. The van der Waals surface area contributed by atoms with Crippen LogP contribution < -0.4 is 10.2 Å². The highest BCUT2D eigenvalue weighted by Gasteiger charge is 2.53. The van der Waals surface area contributed by atoms with Crippen molar-refractivity contribution in [2.75, 3.05) is 0 Å². The van der Waals surface area contributed by atoms with Crippen LogP contribution in [0.25, 0.3) is 0 Å². The minimum absolute atomic E-state index is 0.00403. The monoisotopic (exact) mass is 404 g/mol. The van der Waals surface area contributed by atoms with Crippen LogP contribution in [0.1, 0.15) is 103 Å². The van der Waals surface area contributed by atoms with Gasteiger partial charge in [0.1, 0.15) is 0 Å². The van der Waals surface area contributed by atoms with Gasteiger partial charge in [-0.15, -0.1) is 0 Å². The SMILES string of the molecule is O=C([O-])C1(C2CCCCCCC2)C=C(O)CC(C(=O)[O-])(C2CCCCCCC2)C1. The van der Waals surface area contributed by atoms with Crippen LogP contribution in [0.15, 0.2) is 11.8 Å². The molecule has 0 amide bonds. The van der Waals surface area contributed by atoms with Crippen molar-refractivity contribution in [1.29, 1.82) is 0 Å². The van der Waals surface area contributed by atoms with E-state index in [-0.39, 0.29) is 30.4 Å². The summed E-state index contributed by atoms with van der Waals surface area (Å²) in [6.45, 7) is 0. The van der Waals surface area contributed by atoms with Gasteiger partial charge in [0.2, 0.25) is 0 Å². The van der Waals surface area contributed by atoms with Crippen molar-refractivity contribution < 1.29 is 24.9 Å². The number of rotatable bonds is 4. The summed E-state index contributed by atoms with van der Waals surface area (Å²) in [5, 5.41) is 35.8. The molecule has 1 N–H and O–H groups in total. The molecule has 3 aliphatic carbocycles. The third kappa shape index (κ3) is 4.64. The Morgan fingerprint density at radius 2 is 1.21 bits per heavy atom. The van der Waals surface area contributed by atoms with Crippen LogP contribution in [-0.4, -0.2) is 17.0 Å². The minimum Gasteiger partial charge on any atom is -0.550 e. The molecule has 2 saturated carbocycles. The first-order valence-electron chi connectivity index (χ1n) is 11.7. The largest absolute Gasteiger partial charge is 0.550 e. The molecule has 2 unspecified atom stereocenters. The highest BCUT2D eigenvalue weighted by atomic mass is 16.4. The molecule has 0 aromatic carbocycles.